The van der Waals surface area contributed by atoms with Gasteiger partial charge in [-0.3, -0.25) is 4.79 Å². The van der Waals surface area contributed by atoms with Crippen molar-refractivity contribution in [2.45, 2.75) is 36.6 Å². The number of nitrogens with zero attached hydrogens (tertiary/aromatic N) is 1. The third-order valence-electron chi connectivity index (χ3n) is 6.71. The number of carbonyl (C=O) groups excluding carboxylic acids is 1. The maximum atomic E-state index is 12.3. The standard InChI is InChI=1S/C29H28ClN3OS/c1-19(32-33-28(34)16-17-35-21-8-3-2-4-9-21)20-14-15-27-25(18-20)22-11-7-12-23(22)29(31-27)24-10-5-6-13-26(24)30/h2-11,13-15,18,22-23,29,31H,12,16-17H2,1H3,(H,33,34)/b32-19-/t22-,23+,29-/m1/s1. The fourth-order valence-electron chi connectivity index (χ4n) is 4.90. The first-order chi connectivity index (χ1) is 17.1. The first kappa shape index (κ1) is 23.7. The molecule has 0 saturated heterocycles. The highest BCUT2D eigenvalue weighted by Gasteiger charge is 2.38. The van der Waals surface area contributed by atoms with Crippen molar-refractivity contribution < 1.29 is 4.79 Å². The molecular formula is C29H28ClN3OS. The third-order valence-corrected chi connectivity index (χ3v) is 8.07. The van der Waals surface area contributed by atoms with Crippen molar-refractivity contribution in [3.05, 3.63) is 107 Å². The lowest BCUT2D eigenvalue weighted by atomic mass is 9.76. The predicted molar refractivity (Wildman–Crippen MR) is 146 cm³/mol. The van der Waals surface area contributed by atoms with Gasteiger partial charge in [0.15, 0.2) is 0 Å². The lowest BCUT2D eigenvalue weighted by molar-refractivity contribution is -0.120. The molecule has 0 bridgehead atoms. The van der Waals surface area contributed by atoms with E-state index in [4.69, 9.17) is 11.6 Å². The number of hydrogen-bond acceptors (Lipinski definition) is 4. The van der Waals surface area contributed by atoms with Gasteiger partial charge < -0.3 is 5.32 Å². The van der Waals surface area contributed by atoms with Gasteiger partial charge in [0.2, 0.25) is 5.91 Å². The van der Waals surface area contributed by atoms with E-state index in [-0.39, 0.29) is 11.9 Å². The smallest absolute Gasteiger partial charge is 0.240 e. The van der Waals surface area contributed by atoms with Crippen molar-refractivity contribution in [1.82, 2.24) is 5.43 Å². The van der Waals surface area contributed by atoms with Gasteiger partial charge in [-0.15, -0.1) is 11.8 Å². The summed E-state index contributed by atoms with van der Waals surface area (Å²) in [4.78, 5) is 13.5. The number of hydrogen-bond donors (Lipinski definition) is 2. The molecule has 0 saturated carbocycles. The quantitative estimate of drug-likeness (QED) is 0.156. The van der Waals surface area contributed by atoms with Gasteiger partial charge in [0, 0.05) is 33.7 Å². The number of carbonyl (C=O) groups is 1. The van der Waals surface area contributed by atoms with E-state index in [2.05, 4.69) is 64.4 Å². The van der Waals surface area contributed by atoms with Gasteiger partial charge in [-0.25, -0.2) is 5.43 Å². The second-order valence-corrected chi connectivity index (χ2v) is 10.5. The van der Waals surface area contributed by atoms with Crippen molar-refractivity contribution in [3.63, 3.8) is 0 Å². The molecule has 1 heterocycles. The summed E-state index contributed by atoms with van der Waals surface area (Å²) in [6.07, 6.45) is 6.03. The zero-order valence-corrected chi connectivity index (χ0v) is 21.2. The fraction of sp³-hybridized carbons (Fsp3) is 0.241. The molecule has 178 valence electrons. The Morgan fingerprint density at radius 3 is 2.71 bits per heavy atom. The maximum Gasteiger partial charge on any atom is 0.240 e. The van der Waals surface area contributed by atoms with E-state index in [1.807, 2.05) is 43.3 Å². The molecule has 5 rings (SSSR count). The molecule has 0 aromatic heterocycles. The molecule has 35 heavy (non-hydrogen) atoms. The number of anilines is 1. The highest BCUT2D eigenvalue weighted by molar-refractivity contribution is 7.99. The zero-order chi connectivity index (χ0) is 24.2. The molecular weight excluding hydrogens is 474 g/mol. The first-order valence-corrected chi connectivity index (χ1v) is 13.3. The molecule has 1 amide bonds. The molecule has 0 radical (unpaired) electrons. The van der Waals surface area contributed by atoms with Crippen molar-refractivity contribution >= 4 is 40.7 Å². The summed E-state index contributed by atoms with van der Waals surface area (Å²) >= 11 is 8.23. The van der Waals surface area contributed by atoms with Crippen LogP contribution in [0.1, 0.15) is 48.4 Å². The molecule has 0 spiro atoms. The summed E-state index contributed by atoms with van der Waals surface area (Å²) in [6.45, 7) is 1.94. The summed E-state index contributed by atoms with van der Waals surface area (Å²) < 4.78 is 0. The Labute approximate surface area is 215 Å². The van der Waals surface area contributed by atoms with Crippen LogP contribution in [0.15, 0.2) is 94.9 Å². The van der Waals surface area contributed by atoms with Crippen LogP contribution < -0.4 is 10.7 Å². The van der Waals surface area contributed by atoms with Crippen molar-refractivity contribution in [2.24, 2.45) is 11.0 Å². The van der Waals surface area contributed by atoms with E-state index in [9.17, 15) is 4.79 Å². The number of halogens is 1. The number of amides is 1. The van der Waals surface area contributed by atoms with Crippen LogP contribution in [0.3, 0.4) is 0 Å². The van der Waals surface area contributed by atoms with Crippen LogP contribution in [0, 0.1) is 5.92 Å². The highest BCUT2D eigenvalue weighted by atomic mass is 35.5. The highest BCUT2D eigenvalue weighted by Crippen LogP contribution is 2.50. The van der Waals surface area contributed by atoms with Gasteiger partial charge in [-0.1, -0.05) is 66.2 Å². The van der Waals surface area contributed by atoms with Crippen LogP contribution in [0.25, 0.3) is 0 Å². The Hall–Kier alpha value is -3.02. The molecule has 3 aromatic rings. The molecule has 3 aromatic carbocycles. The Kier molecular flexibility index (Phi) is 7.26. The van der Waals surface area contributed by atoms with E-state index >= 15 is 0 Å². The summed E-state index contributed by atoms with van der Waals surface area (Å²) in [5.74, 6) is 1.38. The number of hydrazone groups is 1. The van der Waals surface area contributed by atoms with E-state index < -0.39 is 0 Å². The number of rotatable bonds is 7. The van der Waals surface area contributed by atoms with Crippen LogP contribution in [0.2, 0.25) is 5.02 Å². The van der Waals surface area contributed by atoms with Gasteiger partial charge in [0.25, 0.3) is 0 Å². The van der Waals surface area contributed by atoms with Gasteiger partial charge >= 0.3 is 0 Å². The summed E-state index contributed by atoms with van der Waals surface area (Å²) in [6, 6.07) is 24.8. The van der Waals surface area contributed by atoms with Crippen LogP contribution >= 0.6 is 23.4 Å². The second-order valence-electron chi connectivity index (χ2n) is 8.94. The Balaban J connectivity index is 1.26. The van der Waals surface area contributed by atoms with Gasteiger partial charge in [-0.2, -0.15) is 5.10 Å². The molecule has 4 nitrogen and oxygen atoms in total. The lowest BCUT2D eigenvalue weighted by Crippen LogP contribution is -2.29. The second kappa shape index (κ2) is 10.7. The van der Waals surface area contributed by atoms with Crippen molar-refractivity contribution in [1.29, 1.82) is 0 Å². The molecule has 1 aliphatic carbocycles. The normalized spacial score (nSPS) is 20.6. The molecule has 6 heteroatoms. The maximum absolute atomic E-state index is 12.3. The van der Waals surface area contributed by atoms with E-state index in [0.717, 1.165) is 39.7 Å². The average Bonchev–Trinajstić information content (AvgIpc) is 3.38. The molecule has 1 aliphatic heterocycles. The van der Waals surface area contributed by atoms with Crippen molar-refractivity contribution in [3.8, 4) is 0 Å². The monoisotopic (exact) mass is 501 g/mol. The molecule has 2 aliphatic rings. The third kappa shape index (κ3) is 5.31. The van der Waals surface area contributed by atoms with Gasteiger partial charge in [-0.05, 0) is 66.3 Å². The van der Waals surface area contributed by atoms with Gasteiger partial charge in [0.05, 0.1) is 11.8 Å². The van der Waals surface area contributed by atoms with Crippen LogP contribution in [-0.4, -0.2) is 17.4 Å². The van der Waals surface area contributed by atoms with Gasteiger partial charge in [0.1, 0.15) is 0 Å². The SMILES string of the molecule is C/C(=N/NC(=O)CCSc1ccccc1)c1ccc2c(c1)[C@@H]1C=CC[C@@H]1[C@H](c1ccccc1Cl)N2. The lowest BCUT2D eigenvalue weighted by Gasteiger charge is -2.38. The van der Waals surface area contributed by atoms with E-state index in [0.29, 0.717) is 18.3 Å². The fourth-order valence-corrected chi connectivity index (χ4v) is 6.03. The predicted octanol–water partition coefficient (Wildman–Crippen LogP) is 7.19. The topological polar surface area (TPSA) is 53.5 Å². The molecule has 2 N–H and O–H groups in total. The Bertz CT molecular complexity index is 1270. The first-order valence-electron chi connectivity index (χ1n) is 11.9. The zero-order valence-electron chi connectivity index (χ0n) is 19.6. The summed E-state index contributed by atoms with van der Waals surface area (Å²) in [5, 5.41) is 8.93. The van der Waals surface area contributed by atoms with Crippen LogP contribution in [0.5, 0.6) is 0 Å². The number of nitrogens with one attached hydrogen (secondary N) is 2. The number of thioether (sulfide) groups is 1. The van der Waals surface area contributed by atoms with E-state index in [1.165, 1.54) is 10.5 Å². The van der Waals surface area contributed by atoms with Crippen LogP contribution in [-0.2, 0) is 4.79 Å². The van der Waals surface area contributed by atoms with Crippen molar-refractivity contribution in [2.75, 3.05) is 11.1 Å². The minimum Gasteiger partial charge on any atom is -0.378 e. The summed E-state index contributed by atoms with van der Waals surface area (Å²) in [7, 11) is 0. The minimum absolute atomic E-state index is 0.0752. The molecule has 0 unspecified atom stereocenters. The molecule has 0 fully saturated rings. The van der Waals surface area contributed by atoms with E-state index in [1.54, 1.807) is 11.8 Å². The Morgan fingerprint density at radius 1 is 1.09 bits per heavy atom. The Morgan fingerprint density at radius 2 is 1.89 bits per heavy atom. The molecule has 3 atom stereocenters. The number of fused-ring (bicyclic) bond motifs is 3. The largest absolute Gasteiger partial charge is 0.378 e. The number of benzene rings is 3. The van der Waals surface area contributed by atoms with Crippen LogP contribution in [0.4, 0.5) is 5.69 Å². The minimum atomic E-state index is -0.0752. The number of allylic oxidation sites excluding steroid dienone is 2. The summed E-state index contributed by atoms with van der Waals surface area (Å²) in [5.41, 5.74) is 8.07. The average molecular weight is 502 g/mol.